The number of aryl methyl sites for hydroxylation is 2. The summed E-state index contributed by atoms with van der Waals surface area (Å²) in [6.45, 7) is 0. The van der Waals surface area contributed by atoms with E-state index in [9.17, 15) is 4.79 Å². The maximum atomic E-state index is 12.5. The molecule has 1 N–H and O–H groups in total. The van der Waals surface area contributed by atoms with E-state index in [4.69, 9.17) is 9.47 Å². The fourth-order valence-electron chi connectivity index (χ4n) is 2.83. The van der Waals surface area contributed by atoms with Crippen molar-refractivity contribution >= 4 is 11.6 Å². The van der Waals surface area contributed by atoms with Gasteiger partial charge in [-0.25, -0.2) is 0 Å². The van der Waals surface area contributed by atoms with Crippen LogP contribution in [-0.2, 0) is 12.8 Å². The molecule has 0 saturated carbocycles. The van der Waals surface area contributed by atoms with E-state index in [2.05, 4.69) is 17.4 Å². The van der Waals surface area contributed by atoms with E-state index in [1.165, 1.54) is 17.5 Å². The summed E-state index contributed by atoms with van der Waals surface area (Å²) in [6, 6.07) is 11.3. The number of hydrogen-bond acceptors (Lipinski definition) is 3. The van der Waals surface area contributed by atoms with Gasteiger partial charge in [-0.15, -0.1) is 0 Å². The molecule has 0 aliphatic heterocycles. The lowest BCUT2D eigenvalue weighted by Crippen LogP contribution is -2.13. The van der Waals surface area contributed by atoms with Crippen LogP contribution in [0.1, 0.15) is 27.9 Å². The highest BCUT2D eigenvalue weighted by molar-refractivity contribution is 6.06. The van der Waals surface area contributed by atoms with E-state index in [-0.39, 0.29) is 5.91 Å². The van der Waals surface area contributed by atoms with Crippen LogP contribution in [0.5, 0.6) is 11.5 Å². The lowest BCUT2D eigenvalue weighted by molar-refractivity contribution is 0.102. The lowest BCUT2D eigenvalue weighted by Gasteiger charge is -2.11. The molecule has 0 heterocycles. The number of anilines is 1. The average molecular weight is 297 g/mol. The van der Waals surface area contributed by atoms with Gasteiger partial charge in [-0.2, -0.15) is 0 Å². The van der Waals surface area contributed by atoms with Crippen LogP contribution in [0.15, 0.2) is 36.4 Å². The topological polar surface area (TPSA) is 47.6 Å². The highest BCUT2D eigenvalue weighted by atomic mass is 16.5. The third-order valence-electron chi connectivity index (χ3n) is 4.01. The largest absolute Gasteiger partial charge is 0.497 e. The van der Waals surface area contributed by atoms with E-state index < -0.39 is 0 Å². The molecule has 1 aliphatic rings. The number of fused-ring (bicyclic) bond motifs is 1. The molecule has 0 saturated heterocycles. The SMILES string of the molecule is COc1ccc(C(=O)Nc2ccc3c(c2)CCC3)c(OC)c1. The summed E-state index contributed by atoms with van der Waals surface area (Å²) < 4.78 is 10.4. The minimum Gasteiger partial charge on any atom is -0.497 e. The molecule has 22 heavy (non-hydrogen) atoms. The summed E-state index contributed by atoms with van der Waals surface area (Å²) in [5, 5.41) is 2.94. The molecule has 4 heteroatoms. The number of rotatable bonds is 4. The van der Waals surface area contributed by atoms with Crippen molar-refractivity contribution in [3.8, 4) is 11.5 Å². The molecule has 4 nitrogen and oxygen atoms in total. The van der Waals surface area contributed by atoms with E-state index in [1.54, 1.807) is 32.4 Å². The molecule has 1 amide bonds. The van der Waals surface area contributed by atoms with Crippen molar-refractivity contribution < 1.29 is 14.3 Å². The quantitative estimate of drug-likeness (QED) is 0.940. The van der Waals surface area contributed by atoms with Gasteiger partial charge in [-0.3, -0.25) is 4.79 Å². The summed E-state index contributed by atoms with van der Waals surface area (Å²) in [5.74, 6) is 0.974. The van der Waals surface area contributed by atoms with Crippen molar-refractivity contribution in [3.05, 3.63) is 53.1 Å². The molecular weight excluding hydrogens is 278 g/mol. The normalized spacial score (nSPS) is 12.6. The van der Waals surface area contributed by atoms with Crippen LogP contribution in [0, 0.1) is 0 Å². The summed E-state index contributed by atoms with van der Waals surface area (Å²) >= 11 is 0. The van der Waals surface area contributed by atoms with Gasteiger partial charge in [-0.05, 0) is 54.7 Å². The van der Waals surface area contributed by atoms with E-state index in [0.717, 1.165) is 18.5 Å². The monoisotopic (exact) mass is 297 g/mol. The Morgan fingerprint density at radius 1 is 1.00 bits per heavy atom. The van der Waals surface area contributed by atoms with Crippen LogP contribution < -0.4 is 14.8 Å². The summed E-state index contributed by atoms with van der Waals surface area (Å²) in [4.78, 5) is 12.5. The summed E-state index contributed by atoms with van der Waals surface area (Å²) in [6.07, 6.45) is 3.42. The first-order chi connectivity index (χ1) is 10.7. The Bertz CT molecular complexity index is 709. The molecule has 0 fully saturated rings. The average Bonchev–Trinajstić information content (AvgIpc) is 3.01. The van der Waals surface area contributed by atoms with Gasteiger partial charge in [0.25, 0.3) is 5.91 Å². The van der Waals surface area contributed by atoms with Gasteiger partial charge in [0, 0.05) is 11.8 Å². The zero-order valence-corrected chi connectivity index (χ0v) is 12.8. The van der Waals surface area contributed by atoms with E-state index in [1.807, 2.05) is 6.07 Å². The first-order valence-corrected chi connectivity index (χ1v) is 7.36. The number of carbonyl (C=O) groups is 1. The molecule has 1 aliphatic carbocycles. The predicted molar refractivity (Wildman–Crippen MR) is 86.0 cm³/mol. The van der Waals surface area contributed by atoms with Crippen molar-refractivity contribution in [2.24, 2.45) is 0 Å². The lowest BCUT2D eigenvalue weighted by atomic mass is 10.1. The molecule has 114 valence electrons. The minimum atomic E-state index is -0.183. The second-order valence-corrected chi connectivity index (χ2v) is 5.36. The zero-order chi connectivity index (χ0) is 15.5. The van der Waals surface area contributed by atoms with Crippen molar-refractivity contribution in [2.45, 2.75) is 19.3 Å². The van der Waals surface area contributed by atoms with Crippen molar-refractivity contribution in [1.82, 2.24) is 0 Å². The third kappa shape index (κ3) is 2.77. The highest BCUT2D eigenvalue weighted by Gasteiger charge is 2.15. The number of nitrogens with one attached hydrogen (secondary N) is 1. The Hall–Kier alpha value is -2.49. The molecule has 3 rings (SSSR count). The molecule has 0 atom stereocenters. The van der Waals surface area contributed by atoms with Crippen LogP contribution in [0.4, 0.5) is 5.69 Å². The standard InChI is InChI=1S/C18H19NO3/c1-21-15-8-9-16(17(11-15)22-2)18(20)19-14-7-6-12-4-3-5-13(12)10-14/h6-11H,3-5H2,1-2H3,(H,19,20). The van der Waals surface area contributed by atoms with Gasteiger partial charge in [0.2, 0.25) is 0 Å². The molecule has 0 unspecified atom stereocenters. The van der Waals surface area contributed by atoms with E-state index >= 15 is 0 Å². The first kappa shape index (κ1) is 14.4. The third-order valence-corrected chi connectivity index (χ3v) is 4.01. The second-order valence-electron chi connectivity index (χ2n) is 5.36. The molecule has 0 spiro atoms. The summed E-state index contributed by atoms with van der Waals surface area (Å²) in [7, 11) is 3.13. The second kappa shape index (κ2) is 6.10. The van der Waals surface area contributed by atoms with Gasteiger partial charge in [0.05, 0.1) is 19.8 Å². The first-order valence-electron chi connectivity index (χ1n) is 7.36. The van der Waals surface area contributed by atoms with Crippen LogP contribution in [0.2, 0.25) is 0 Å². The smallest absolute Gasteiger partial charge is 0.259 e. The predicted octanol–water partition coefficient (Wildman–Crippen LogP) is 3.44. The molecular formula is C18H19NO3. The fourth-order valence-corrected chi connectivity index (χ4v) is 2.83. The fraction of sp³-hybridized carbons (Fsp3) is 0.278. The molecule has 2 aromatic rings. The van der Waals surface area contributed by atoms with Gasteiger partial charge in [0.1, 0.15) is 11.5 Å². The number of benzene rings is 2. The Morgan fingerprint density at radius 3 is 2.59 bits per heavy atom. The Labute approximate surface area is 130 Å². The van der Waals surface area contributed by atoms with Gasteiger partial charge >= 0.3 is 0 Å². The Balaban J connectivity index is 1.82. The van der Waals surface area contributed by atoms with Crippen molar-refractivity contribution in [1.29, 1.82) is 0 Å². The summed E-state index contributed by atoms with van der Waals surface area (Å²) in [5.41, 5.74) is 4.03. The van der Waals surface area contributed by atoms with Crippen LogP contribution in [-0.4, -0.2) is 20.1 Å². The van der Waals surface area contributed by atoms with Crippen molar-refractivity contribution in [2.75, 3.05) is 19.5 Å². The van der Waals surface area contributed by atoms with Gasteiger partial charge in [0.15, 0.2) is 0 Å². The Kier molecular flexibility index (Phi) is 4.00. The van der Waals surface area contributed by atoms with Gasteiger partial charge in [-0.1, -0.05) is 6.07 Å². The van der Waals surface area contributed by atoms with E-state index in [0.29, 0.717) is 17.1 Å². The number of hydrogen-bond donors (Lipinski definition) is 1. The Morgan fingerprint density at radius 2 is 1.82 bits per heavy atom. The zero-order valence-electron chi connectivity index (χ0n) is 12.8. The molecule has 0 radical (unpaired) electrons. The maximum absolute atomic E-state index is 12.5. The number of carbonyl (C=O) groups excluding carboxylic acids is 1. The van der Waals surface area contributed by atoms with Gasteiger partial charge < -0.3 is 14.8 Å². The number of methoxy groups -OCH3 is 2. The van der Waals surface area contributed by atoms with Crippen LogP contribution in [0.25, 0.3) is 0 Å². The van der Waals surface area contributed by atoms with Crippen LogP contribution >= 0.6 is 0 Å². The molecule has 2 aromatic carbocycles. The van der Waals surface area contributed by atoms with Crippen molar-refractivity contribution in [3.63, 3.8) is 0 Å². The number of ether oxygens (including phenoxy) is 2. The maximum Gasteiger partial charge on any atom is 0.259 e. The highest BCUT2D eigenvalue weighted by Crippen LogP contribution is 2.27. The van der Waals surface area contributed by atoms with Crippen LogP contribution in [0.3, 0.4) is 0 Å². The molecule has 0 aromatic heterocycles. The number of amides is 1. The minimum absolute atomic E-state index is 0.183. The molecule has 0 bridgehead atoms.